The lowest BCUT2D eigenvalue weighted by atomic mass is 10.3. The second-order valence-electron chi connectivity index (χ2n) is 3.94. The van der Waals surface area contributed by atoms with Gasteiger partial charge in [-0.15, -0.1) is 0 Å². The summed E-state index contributed by atoms with van der Waals surface area (Å²) in [4.78, 5) is 11.2. The Morgan fingerprint density at radius 1 is 1.00 bits per heavy atom. The summed E-state index contributed by atoms with van der Waals surface area (Å²) in [5, 5.41) is 0. The van der Waals surface area contributed by atoms with Crippen LogP contribution in [0, 0.1) is 13.8 Å². The van der Waals surface area contributed by atoms with Gasteiger partial charge in [0.2, 0.25) is 5.95 Å². The zero-order valence-electron chi connectivity index (χ0n) is 10.2. The summed E-state index contributed by atoms with van der Waals surface area (Å²) in [6.07, 6.45) is 2.27. The molecule has 1 aromatic rings. The third-order valence-electron chi connectivity index (χ3n) is 2.24. The molecule has 0 aliphatic carbocycles. The number of aromatic nitrogens is 2. The molecule has 0 bridgehead atoms. The van der Waals surface area contributed by atoms with Gasteiger partial charge in [0.05, 0.1) is 0 Å². The van der Waals surface area contributed by atoms with Crippen molar-refractivity contribution in [3.05, 3.63) is 17.5 Å². The summed E-state index contributed by atoms with van der Waals surface area (Å²) in [5.41, 5.74) is 2.10. The third kappa shape index (κ3) is 3.50. The van der Waals surface area contributed by atoms with E-state index in [1.54, 1.807) is 0 Å². The molecule has 3 heteroatoms. The van der Waals surface area contributed by atoms with Crippen LogP contribution >= 0.6 is 0 Å². The van der Waals surface area contributed by atoms with Crippen LogP contribution in [-0.2, 0) is 0 Å². The SMILES string of the molecule is CCCN(CCC)c1nc(C)cc(C)n1. The van der Waals surface area contributed by atoms with Gasteiger partial charge in [0, 0.05) is 24.5 Å². The fourth-order valence-electron chi connectivity index (χ4n) is 1.70. The summed E-state index contributed by atoms with van der Waals surface area (Å²) in [5.74, 6) is 0.885. The third-order valence-corrected chi connectivity index (χ3v) is 2.24. The average molecular weight is 207 g/mol. The van der Waals surface area contributed by atoms with Gasteiger partial charge in [-0.2, -0.15) is 0 Å². The van der Waals surface area contributed by atoms with E-state index in [9.17, 15) is 0 Å². The predicted octanol–water partition coefficient (Wildman–Crippen LogP) is 2.72. The van der Waals surface area contributed by atoms with E-state index in [0.717, 1.165) is 43.3 Å². The van der Waals surface area contributed by atoms with Crippen molar-refractivity contribution in [2.45, 2.75) is 40.5 Å². The standard InChI is InChI=1S/C12H21N3/c1-5-7-15(8-6-2)12-13-10(3)9-11(4)14-12/h9H,5-8H2,1-4H3. The van der Waals surface area contributed by atoms with Crippen molar-refractivity contribution in [3.8, 4) is 0 Å². The fourth-order valence-corrected chi connectivity index (χ4v) is 1.70. The molecule has 0 saturated heterocycles. The molecule has 0 amide bonds. The molecule has 1 heterocycles. The summed E-state index contributed by atoms with van der Waals surface area (Å²) >= 11 is 0. The molecule has 84 valence electrons. The molecule has 1 rings (SSSR count). The second-order valence-corrected chi connectivity index (χ2v) is 3.94. The van der Waals surface area contributed by atoms with Gasteiger partial charge >= 0.3 is 0 Å². The molecule has 0 N–H and O–H groups in total. The maximum Gasteiger partial charge on any atom is 0.225 e. The largest absolute Gasteiger partial charge is 0.341 e. The van der Waals surface area contributed by atoms with Crippen LogP contribution in [0.1, 0.15) is 38.1 Å². The Morgan fingerprint density at radius 3 is 1.87 bits per heavy atom. The first-order valence-electron chi connectivity index (χ1n) is 5.74. The lowest BCUT2D eigenvalue weighted by Crippen LogP contribution is -2.27. The normalized spacial score (nSPS) is 10.4. The lowest BCUT2D eigenvalue weighted by molar-refractivity contribution is 0.717. The van der Waals surface area contributed by atoms with E-state index in [-0.39, 0.29) is 0 Å². The van der Waals surface area contributed by atoms with Gasteiger partial charge in [-0.25, -0.2) is 9.97 Å². The zero-order valence-corrected chi connectivity index (χ0v) is 10.2. The van der Waals surface area contributed by atoms with Crippen LogP contribution in [0.15, 0.2) is 6.07 Å². The van der Waals surface area contributed by atoms with E-state index < -0.39 is 0 Å². The highest BCUT2D eigenvalue weighted by Gasteiger charge is 2.08. The van der Waals surface area contributed by atoms with E-state index in [4.69, 9.17) is 0 Å². The average Bonchev–Trinajstić information content (AvgIpc) is 2.16. The minimum atomic E-state index is 0.885. The van der Waals surface area contributed by atoms with Gasteiger partial charge in [0.15, 0.2) is 0 Å². The molecular formula is C12H21N3. The van der Waals surface area contributed by atoms with Gasteiger partial charge in [-0.1, -0.05) is 13.8 Å². The molecule has 15 heavy (non-hydrogen) atoms. The quantitative estimate of drug-likeness (QED) is 0.743. The Bertz CT molecular complexity index is 283. The zero-order chi connectivity index (χ0) is 11.3. The highest BCUT2D eigenvalue weighted by Crippen LogP contribution is 2.10. The number of hydrogen-bond acceptors (Lipinski definition) is 3. The summed E-state index contributed by atoms with van der Waals surface area (Å²) in [7, 11) is 0. The molecule has 0 saturated carbocycles. The van der Waals surface area contributed by atoms with Gasteiger partial charge < -0.3 is 4.90 Å². The number of anilines is 1. The number of rotatable bonds is 5. The monoisotopic (exact) mass is 207 g/mol. The van der Waals surface area contributed by atoms with Crippen molar-refractivity contribution >= 4 is 5.95 Å². The summed E-state index contributed by atoms with van der Waals surface area (Å²) in [6, 6.07) is 2.01. The smallest absolute Gasteiger partial charge is 0.225 e. The van der Waals surface area contributed by atoms with Gasteiger partial charge in [-0.3, -0.25) is 0 Å². The first-order chi connectivity index (χ1) is 7.17. The van der Waals surface area contributed by atoms with Crippen LogP contribution in [0.3, 0.4) is 0 Å². The van der Waals surface area contributed by atoms with E-state index in [1.165, 1.54) is 0 Å². The van der Waals surface area contributed by atoms with Gasteiger partial charge in [0.25, 0.3) is 0 Å². The Morgan fingerprint density at radius 2 is 1.47 bits per heavy atom. The maximum atomic E-state index is 4.49. The van der Waals surface area contributed by atoms with Crippen LogP contribution in [0.2, 0.25) is 0 Å². The second kappa shape index (κ2) is 5.69. The van der Waals surface area contributed by atoms with Crippen molar-refractivity contribution in [1.82, 2.24) is 9.97 Å². The highest BCUT2D eigenvalue weighted by molar-refractivity contribution is 5.31. The predicted molar refractivity (Wildman–Crippen MR) is 64.3 cm³/mol. The van der Waals surface area contributed by atoms with E-state index >= 15 is 0 Å². The molecule has 0 aromatic carbocycles. The van der Waals surface area contributed by atoms with Crippen LogP contribution < -0.4 is 4.90 Å². The number of nitrogens with zero attached hydrogens (tertiary/aromatic N) is 3. The molecular weight excluding hydrogens is 186 g/mol. The van der Waals surface area contributed by atoms with Gasteiger partial charge in [-0.05, 0) is 32.8 Å². The van der Waals surface area contributed by atoms with Crippen LogP contribution in [0.25, 0.3) is 0 Å². The Hall–Kier alpha value is -1.12. The molecule has 1 aromatic heterocycles. The first kappa shape index (κ1) is 12.0. The van der Waals surface area contributed by atoms with Crippen molar-refractivity contribution < 1.29 is 0 Å². The van der Waals surface area contributed by atoms with Crippen molar-refractivity contribution in [3.63, 3.8) is 0 Å². The van der Waals surface area contributed by atoms with Crippen LogP contribution in [-0.4, -0.2) is 23.1 Å². The van der Waals surface area contributed by atoms with E-state index in [1.807, 2.05) is 19.9 Å². The van der Waals surface area contributed by atoms with Crippen molar-refractivity contribution in [2.75, 3.05) is 18.0 Å². The van der Waals surface area contributed by atoms with E-state index in [2.05, 4.69) is 28.7 Å². The minimum absolute atomic E-state index is 0.885. The molecule has 0 spiro atoms. The summed E-state index contributed by atoms with van der Waals surface area (Å²) < 4.78 is 0. The molecule has 0 aliphatic rings. The Labute approximate surface area is 92.6 Å². The Balaban J connectivity index is 2.88. The topological polar surface area (TPSA) is 29.0 Å². The maximum absolute atomic E-state index is 4.49. The van der Waals surface area contributed by atoms with Crippen LogP contribution in [0.5, 0.6) is 0 Å². The van der Waals surface area contributed by atoms with Crippen molar-refractivity contribution in [1.29, 1.82) is 0 Å². The molecule has 0 aliphatic heterocycles. The van der Waals surface area contributed by atoms with Crippen LogP contribution in [0.4, 0.5) is 5.95 Å². The molecule has 0 atom stereocenters. The van der Waals surface area contributed by atoms with E-state index in [0.29, 0.717) is 0 Å². The molecule has 0 fully saturated rings. The minimum Gasteiger partial charge on any atom is -0.341 e. The molecule has 0 unspecified atom stereocenters. The molecule has 0 radical (unpaired) electrons. The van der Waals surface area contributed by atoms with Gasteiger partial charge in [0.1, 0.15) is 0 Å². The fraction of sp³-hybridized carbons (Fsp3) is 0.667. The van der Waals surface area contributed by atoms with Crippen molar-refractivity contribution in [2.24, 2.45) is 0 Å². The Kier molecular flexibility index (Phi) is 4.53. The first-order valence-corrected chi connectivity index (χ1v) is 5.74. The summed E-state index contributed by atoms with van der Waals surface area (Å²) in [6.45, 7) is 10.5. The lowest BCUT2D eigenvalue weighted by Gasteiger charge is -2.21. The number of aryl methyl sites for hydroxylation is 2. The highest BCUT2D eigenvalue weighted by atomic mass is 15.2. The number of hydrogen-bond donors (Lipinski definition) is 0. The molecule has 3 nitrogen and oxygen atoms in total.